The van der Waals surface area contributed by atoms with Crippen LogP contribution in [0.25, 0.3) is 0 Å². The molecule has 0 spiro atoms. The molecule has 0 radical (unpaired) electrons. The molecule has 4 heteroatoms. The maximum absolute atomic E-state index is 13.0. The van der Waals surface area contributed by atoms with Crippen molar-refractivity contribution in [2.75, 3.05) is 6.61 Å². The molecular weight excluding hydrogens is 226 g/mol. The van der Waals surface area contributed by atoms with Crippen molar-refractivity contribution in [2.45, 2.75) is 25.9 Å². The van der Waals surface area contributed by atoms with E-state index in [2.05, 4.69) is 0 Å². The summed E-state index contributed by atoms with van der Waals surface area (Å²) in [4.78, 5) is 11.9. The van der Waals surface area contributed by atoms with Crippen molar-refractivity contribution >= 4 is 5.78 Å². The highest BCUT2D eigenvalue weighted by molar-refractivity contribution is 5.84. The van der Waals surface area contributed by atoms with Gasteiger partial charge in [-0.05, 0) is 31.0 Å². The smallest absolute Gasteiger partial charge is 0.159 e. The summed E-state index contributed by atoms with van der Waals surface area (Å²) in [5.41, 5.74) is 0.507. The zero-order valence-corrected chi connectivity index (χ0v) is 9.58. The Balaban J connectivity index is 2.05. The van der Waals surface area contributed by atoms with Gasteiger partial charge in [-0.25, -0.2) is 8.78 Å². The van der Waals surface area contributed by atoms with Crippen LogP contribution in [0.4, 0.5) is 8.78 Å². The third-order valence-electron chi connectivity index (χ3n) is 3.15. The maximum Gasteiger partial charge on any atom is 0.159 e. The molecule has 1 aliphatic heterocycles. The monoisotopic (exact) mass is 240 g/mol. The lowest BCUT2D eigenvalue weighted by Crippen LogP contribution is -2.23. The number of hydrogen-bond acceptors (Lipinski definition) is 2. The average Bonchev–Trinajstić information content (AvgIpc) is 2.70. The summed E-state index contributed by atoms with van der Waals surface area (Å²) < 4.78 is 31.0. The third kappa shape index (κ3) is 2.69. The van der Waals surface area contributed by atoms with Crippen LogP contribution >= 0.6 is 0 Å². The summed E-state index contributed by atoms with van der Waals surface area (Å²) in [6.07, 6.45) is 0.770. The molecule has 17 heavy (non-hydrogen) atoms. The van der Waals surface area contributed by atoms with Crippen molar-refractivity contribution in [3.63, 3.8) is 0 Å². The number of halogens is 2. The topological polar surface area (TPSA) is 26.3 Å². The van der Waals surface area contributed by atoms with E-state index in [-0.39, 0.29) is 24.2 Å². The summed E-state index contributed by atoms with van der Waals surface area (Å²) in [5, 5.41) is 0. The van der Waals surface area contributed by atoms with Gasteiger partial charge in [-0.15, -0.1) is 0 Å². The van der Waals surface area contributed by atoms with Crippen molar-refractivity contribution in [1.29, 1.82) is 0 Å². The lowest BCUT2D eigenvalue weighted by Gasteiger charge is -2.12. The fraction of sp³-hybridized carbons (Fsp3) is 0.462. The number of carbonyl (C=O) groups excluding carboxylic acids is 1. The van der Waals surface area contributed by atoms with Gasteiger partial charge in [0.2, 0.25) is 0 Å². The normalized spacial score (nSPS) is 23.9. The largest absolute Gasteiger partial charge is 0.378 e. The molecule has 2 rings (SSSR count). The van der Waals surface area contributed by atoms with Gasteiger partial charge in [-0.2, -0.15) is 0 Å². The number of hydrogen-bond donors (Lipinski definition) is 0. The molecule has 0 bridgehead atoms. The van der Waals surface area contributed by atoms with Crippen molar-refractivity contribution in [1.82, 2.24) is 0 Å². The van der Waals surface area contributed by atoms with Crippen LogP contribution in [0.5, 0.6) is 0 Å². The van der Waals surface area contributed by atoms with Crippen molar-refractivity contribution in [3.05, 3.63) is 35.4 Å². The van der Waals surface area contributed by atoms with E-state index in [4.69, 9.17) is 4.74 Å². The van der Waals surface area contributed by atoms with Gasteiger partial charge in [0.05, 0.1) is 6.10 Å². The molecule has 1 aliphatic rings. The van der Waals surface area contributed by atoms with Crippen LogP contribution in [0.3, 0.4) is 0 Å². The predicted octanol–water partition coefficient (Wildman–Crippen LogP) is 2.50. The zero-order chi connectivity index (χ0) is 12.4. The predicted molar refractivity (Wildman–Crippen MR) is 58.6 cm³/mol. The highest BCUT2D eigenvalue weighted by atomic mass is 19.2. The highest BCUT2D eigenvalue weighted by Gasteiger charge is 2.30. The lowest BCUT2D eigenvalue weighted by molar-refractivity contribution is -0.123. The van der Waals surface area contributed by atoms with E-state index in [0.717, 1.165) is 12.1 Å². The van der Waals surface area contributed by atoms with E-state index in [0.29, 0.717) is 18.6 Å². The molecule has 0 aromatic heterocycles. The van der Waals surface area contributed by atoms with Crippen molar-refractivity contribution < 1.29 is 18.3 Å². The van der Waals surface area contributed by atoms with Crippen LogP contribution in [-0.4, -0.2) is 18.5 Å². The Bertz CT molecular complexity index is 431. The van der Waals surface area contributed by atoms with E-state index in [1.165, 1.54) is 6.07 Å². The van der Waals surface area contributed by atoms with E-state index in [1.807, 2.05) is 6.92 Å². The Hall–Kier alpha value is -1.29. The van der Waals surface area contributed by atoms with Crippen LogP contribution in [0.15, 0.2) is 18.2 Å². The Morgan fingerprint density at radius 1 is 1.41 bits per heavy atom. The first kappa shape index (κ1) is 12.2. The average molecular weight is 240 g/mol. The molecule has 0 saturated carbocycles. The van der Waals surface area contributed by atoms with E-state index >= 15 is 0 Å². The molecule has 2 unspecified atom stereocenters. The number of ether oxygens (including phenoxy) is 1. The van der Waals surface area contributed by atoms with Gasteiger partial charge in [0.25, 0.3) is 0 Å². The Labute approximate surface area is 98.6 Å². The van der Waals surface area contributed by atoms with Crippen molar-refractivity contribution in [2.24, 2.45) is 5.92 Å². The van der Waals surface area contributed by atoms with Crippen molar-refractivity contribution in [3.8, 4) is 0 Å². The van der Waals surface area contributed by atoms with Gasteiger partial charge in [0.1, 0.15) is 5.78 Å². The van der Waals surface area contributed by atoms with E-state index < -0.39 is 11.6 Å². The minimum atomic E-state index is -0.911. The van der Waals surface area contributed by atoms with Gasteiger partial charge in [0.15, 0.2) is 11.6 Å². The summed E-state index contributed by atoms with van der Waals surface area (Å²) in [5.74, 6) is -1.89. The number of ketones is 1. The SMILES string of the molecule is CC1OCCC1C(=O)Cc1ccc(F)c(F)c1. The number of rotatable bonds is 3. The quantitative estimate of drug-likeness (QED) is 0.811. The second-order valence-corrected chi connectivity index (χ2v) is 4.36. The second-order valence-electron chi connectivity index (χ2n) is 4.36. The molecule has 2 nitrogen and oxygen atoms in total. The molecular formula is C13H14F2O2. The lowest BCUT2D eigenvalue weighted by atomic mass is 9.93. The molecule has 0 N–H and O–H groups in total. The number of carbonyl (C=O) groups is 1. The van der Waals surface area contributed by atoms with Gasteiger partial charge in [-0.3, -0.25) is 4.79 Å². The minimum Gasteiger partial charge on any atom is -0.378 e. The van der Waals surface area contributed by atoms with Crippen LogP contribution in [-0.2, 0) is 16.0 Å². The first-order valence-electron chi connectivity index (χ1n) is 5.66. The minimum absolute atomic E-state index is 0.0287. The van der Waals surface area contributed by atoms with Gasteiger partial charge in [-0.1, -0.05) is 6.07 Å². The Kier molecular flexibility index (Phi) is 3.52. The van der Waals surface area contributed by atoms with E-state index in [9.17, 15) is 13.6 Å². The molecule has 1 saturated heterocycles. The van der Waals surface area contributed by atoms with Crippen LogP contribution in [0.1, 0.15) is 18.9 Å². The fourth-order valence-corrected chi connectivity index (χ4v) is 2.14. The Morgan fingerprint density at radius 3 is 2.76 bits per heavy atom. The van der Waals surface area contributed by atoms with Crippen LogP contribution < -0.4 is 0 Å². The standard InChI is InChI=1S/C13H14F2O2/c1-8-10(4-5-17-8)13(16)7-9-2-3-11(14)12(15)6-9/h2-3,6,8,10H,4-5,7H2,1H3. The summed E-state index contributed by atoms with van der Waals surface area (Å²) in [7, 11) is 0. The number of Topliss-reactive ketones (excluding diaryl/α,β-unsaturated/α-hetero) is 1. The summed E-state index contributed by atoms with van der Waals surface area (Å²) in [6, 6.07) is 3.57. The second kappa shape index (κ2) is 4.92. The van der Waals surface area contributed by atoms with Gasteiger partial charge >= 0.3 is 0 Å². The Morgan fingerprint density at radius 2 is 2.18 bits per heavy atom. The molecule has 1 heterocycles. The first-order chi connectivity index (χ1) is 8.08. The molecule has 2 atom stereocenters. The van der Waals surface area contributed by atoms with E-state index in [1.54, 1.807) is 0 Å². The maximum atomic E-state index is 13.0. The molecule has 0 aliphatic carbocycles. The first-order valence-corrected chi connectivity index (χ1v) is 5.66. The fourth-order valence-electron chi connectivity index (χ4n) is 2.14. The molecule has 92 valence electrons. The molecule has 1 aromatic rings. The molecule has 1 aromatic carbocycles. The molecule has 0 amide bonds. The summed E-state index contributed by atoms with van der Waals surface area (Å²) in [6.45, 7) is 2.45. The molecule has 1 fully saturated rings. The van der Waals surface area contributed by atoms with Crippen LogP contribution in [0.2, 0.25) is 0 Å². The van der Waals surface area contributed by atoms with Gasteiger partial charge in [0, 0.05) is 18.9 Å². The third-order valence-corrected chi connectivity index (χ3v) is 3.15. The highest BCUT2D eigenvalue weighted by Crippen LogP contribution is 2.23. The van der Waals surface area contributed by atoms with Gasteiger partial charge < -0.3 is 4.74 Å². The summed E-state index contributed by atoms with van der Waals surface area (Å²) >= 11 is 0. The number of benzene rings is 1. The van der Waals surface area contributed by atoms with Crippen LogP contribution in [0, 0.1) is 17.6 Å². The zero-order valence-electron chi connectivity index (χ0n) is 9.58.